The molecule has 0 rings (SSSR count). The molecule has 0 aliphatic rings. The number of ether oxygens (including phenoxy) is 1. The van der Waals surface area contributed by atoms with Crippen LogP contribution in [0.2, 0.25) is 0 Å². The van der Waals surface area contributed by atoms with Gasteiger partial charge in [0.1, 0.15) is 0 Å². The van der Waals surface area contributed by atoms with Crippen LogP contribution in [0.4, 0.5) is 0 Å². The van der Waals surface area contributed by atoms with Gasteiger partial charge >= 0.3 is 0 Å². The van der Waals surface area contributed by atoms with Gasteiger partial charge in [0.05, 0.1) is 5.95 Å². The van der Waals surface area contributed by atoms with Crippen LogP contribution in [-0.2, 0) is 4.74 Å². The maximum Gasteiger partial charge on any atom is 0.0700 e. The van der Waals surface area contributed by atoms with Crippen LogP contribution in [0.1, 0.15) is 6.92 Å². The minimum atomic E-state index is -0.442. The minimum Gasteiger partial charge on any atom is -0.613 e. The Labute approximate surface area is 48.3 Å². The highest BCUT2D eigenvalue weighted by atomic mass is 16.6. The summed E-state index contributed by atoms with van der Waals surface area (Å²) >= 11 is 0. The Bertz CT molecular complexity index is 98.6. The van der Waals surface area contributed by atoms with Gasteiger partial charge in [-0.05, 0) is 13.3 Å². The van der Waals surface area contributed by atoms with Gasteiger partial charge in [-0.15, -0.1) is 0 Å². The molecule has 0 unspecified atom stereocenters. The molecule has 8 heavy (non-hydrogen) atoms. The first-order valence-corrected chi connectivity index (χ1v) is 2.27. The molecule has 0 aromatic carbocycles. The third kappa shape index (κ3) is 3.21. The Hall–Kier alpha value is -0.990. The third-order valence-corrected chi connectivity index (χ3v) is 0.483. The molecule has 3 heteroatoms. The predicted molar refractivity (Wildman–Crippen MR) is 29.3 cm³/mol. The molecule has 0 aliphatic heterocycles. The number of hydrogen-bond acceptors (Lipinski definition) is 3. The van der Waals surface area contributed by atoms with Crippen LogP contribution in [0.5, 0.6) is 0 Å². The van der Waals surface area contributed by atoms with Crippen molar-refractivity contribution in [2.45, 2.75) is 6.92 Å². The van der Waals surface area contributed by atoms with Gasteiger partial charge in [0.2, 0.25) is 0 Å². The molecule has 0 aliphatic carbocycles. The first-order valence-electron chi connectivity index (χ1n) is 2.27. The van der Waals surface area contributed by atoms with E-state index in [1.807, 2.05) is 0 Å². The van der Waals surface area contributed by atoms with Gasteiger partial charge in [0.25, 0.3) is 0 Å². The summed E-state index contributed by atoms with van der Waals surface area (Å²) in [6.45, 7) is 5.19. The zero-order valence-electron chi connectivity index (χ0n) is 4.76. The second kappa shape index (κ2) is 4.18. The van der Waals surface area contributed by atoms with Gasteiger partial charge in [-0.3, -0.25) is 4.99 Å². The molecule has 0 amide bonds. The molecule has 0 radical (unpaired) electrons. The molecule has 0 aromatic rings. The van der Waals surface area contributed by atoms with Gasteiger partial charge in [0, 0.05) is 6.20 Å². The number of rotatable bonds is 3. The zero-order valence-corrected chi connectivity index (χ0v) is 4.76. The summed E-state index contributed by atoms with van der Waals surface area (Å²) in [5.41, 5.74) is 0. The second-order valence-corrected chi connectivity index (χ2v) is 1.06. The molecule has 0 spiro atoms. The molecule has 3 nitrogen and oxygen atoms in total. The van der Waals surface area contributed by atoms with E-state index in [1.54, 1.807) is 6.92 Å². The second-order valence-electron chi connectivity index (χ2n) is 1.06. The number of hydrogen-bond donors (Lipinski definition) is 0. The molecule has 0 saturated heterocycles. The van der Waals surface area contributed by atoms with Crippen molar-refractivity contribution >= 4 is 6.72 Å². The fourth-order valence-corrected chi connectivity index (χ4v) is 0.254. The van der Waals surface area contributed by atoms with Crippen molar-refractivity contribution in [2.75, 3.05) is 6.61 Å². The topological polar surface area (TPSA) is 44.7 Å². The lowest BCUT2D eigenvalue weighted by Crippen LogP contribution is -2.06. The van der Waals surface area contributed by atoms with E-state index in [0.717, 1.165) is 6.20 Å². The summed E-state index contributed by atoms with van der Waals surface area (Å²) in [5.74, 6) is -0.442. The fraction of sp³-hybridized carbons (Fsp3) is 0.400. The smallest absolute Gasteiger partial charge is 0.0700 e. The van der Waals surface area contributed by atoms with Crippen LogP contribution >= 0.6 is 0 Å². The quantitative estimate of drug-likeness (QED) is 0.379. The maximum atomic E-state index is 10.2. The van der Waals surface area contributed by atoms with E-state index in [9.17, 15) is 5.11 Å². The Kier molecular flexibility index (Phi) is 3.66. The average Bonchev–Trinajstić information content (AvgIpc) is 1.68. The fourth-order valence-electron chi connectivity index (χ4n) is 0.254. The molecule has 0 fully saturated rings. The normalized spacial score (nSPS) is 10.9. The van der Waals surface area contributed by atoms with E-state index in [1.165, 1.54) is 0 Å². The monoisotopic (exact) mass is 114 g/mol. The van der Waals surface area contributed by atoms with Crippen molar-refractivity contribution in [3.63, 3.8) is 0 Å². The molecule has 0 atom stereocenters. The summed E-state index contributed by atoms with van der Waals surface area (Å²) in [5, 5.41) is 10.2. The third-order valence-electron chi connectivity index (χ3n) is 0.483. The molecule has 0 bridgehead atoms. The van der Waals surface area contributed by atoms with Gasteiger partial charge < -0.3 is 9.84 Å². The molecule has 0 N–H and O–H groups in total. The minimum absolute atomic E-state index is 0.380. The average molecular weight is 114 g/mol. The summed E-state index contributed by atoms with van der Waals surface area (Å²) in [4.78, 5) is 3.20. The summed E-state index contributed by atoms with van der Waals surface area (Å²) in [7, 11) is 0. The zero-order chi connectivity index (χ0) is 6.41. The lowest BCUT2D eigenvalue weighted by molar-refractivity contribution is -0.356. The van der Waals surface area contributed by atoms with Gasteiger partial charge in [-0.25, -0.2) is 0 Å². The van der Waals surface area contributed by atoms with Crippen LogP contribution in [0.25, 0.3) is 0 Å². The Balaban J connectivity index is 3.44. The SMILES string of the molecule is C=N/C=C(/[O-])OCC. The summed E-state index contributed by atoms with van der Waals surface area (Å²) in [6.07, 6.45) is 1.03. The van der Waals surface area contributed by atoms with E-state index >= 15 is 0 Å². The van der Waals surface area contributed by atoms with E-state index < -0.39 is 5.95 Å². The predicted octanol–water partition coefficient (Wildman–Crippen LogP) is -0.117. The highest BCUT2D eigenvalue weighted by Crippen LogP contribution is 1.84. The number of aliphatic imine (C=N–C) groups is 1. The highest BCUT2D eigenvalue weighted by molar-refractivity contribution is 5.25. The Morgan fingerprint density at radius 2 is 2.62 bits per heavy atom. The van der Waals surface area contributed by atoms with Crippen LogP contribution in [0.15, 0.2) is 17.1 Å². The molecular weight excluding hydrogens is 106 g/mol. The van der Waals surface area contributed by atoms with E-state index in [2.05, 4.69) is 16.4 Å². The van der Waals surface area contributed by atoms with Crippen LogP contribution in [0, 0.1) is 0 Å². The highest BCUT2D eigenvalue weighted by Gasteiger charge is 1.70. The number of nitrogens with zero attached hydrogens (tertiary/aromatic N) is 1. The molecule has 0 aromatic heterocycles. The van der Waals surface area contributed by atoms with Crippen LogP contribution in [0.3, 0.4) is 0 Å². The van der Waals surface area contributed by atoms with Crippen LogP contribution in [-0.4, -0.2) is 13.3 Å². The van der Waals surface area contributed by atoms with Gasteiger partial charge in [0.15, 0.2) is 0 Å². The molecule has 0 saturated carbocycles. The lowest BCUT2D eigenvalue weighted by atomic mass is 10.8. The van der Waals surface area contributed by atoms with Crippen LogP contribution < -0.4 is 5.11 Å². The largest absolute Gasteiger partial charge is 0.613 e. The van der Waals surface area contributed by atoms with E-state index in [0.29, 0.717) is 6.61 Å². The first kappa shape index (κ1) is 7.01. The van der Waals surface area contributed by atoms with Crippen molar-refractivity contribution in [1.82, 2.24) is 0 Å². The Morgan fingerprint density at radius 1 is 2.00 bits per heavy atom. The van der Waals surface area contributed by atoms with Crippen molar-refractivity contribution in [3.8, 4) is 0 Å². The molecule has 0 heterocycles. The van der Waals surface area contributed by atoms with Gasteiger partial charge in [-0.1, -0.05) is 6.92 Å². The van der Waals surface area contributed by atoms with Crippen molar-refractivity contribution in [3.05, 3.63) is 12.1 Å². The Morgan fingerprint density at radius 3 is 3.00 bits per heavy atom. The summed E-state index contributed by atoms with van der Waals surface area (Å²) < 4.78 is 4.45. The van der Waals surface area contributed by atoms with Crippen molar-refractivity contribution < 1.29 is 9.84 Å². The van der Waals surface area contributed by atoms with Gasteiger partial charge in [-0.2, -0.15) is 0 Å². The standard InChI is InChI=1S/C5H9NO2/c1-3-8-5(7)4-6-2/h4,7H,2-3H2,1H3/p-1/b5-4-. The molecular formula is C5H8NO2-. The lowest BCUT2D eigenvalue weighted by Gasteiger charge is -2.09. The first-order chi connectivity index (χ1) is 3.81. The molecule has 46 valence electrons. The van der Waals surface area contributed by atoms with E-state index in [-0.39, 0.29) is 0 Å². The van der Waals surface area contributed by atoms with Crippen molar-refractivity contribution in [2.24, 2.45) is 4.99 Å². The van der Waals surface area contributed by atoms with E-state index in [4.69, 9.17) is 0 Å². The van der Waals surface area contributed by atoms with Crippen molar-refractivity contribution in [1.29, 1.82) is 0 Å². The summed E-state index contributed by atoms with van der Waals surface area (Å²) in [6, 6.07) is 0. The maximum absolute atomic E-state index is 10.2.